The van der Waals surface area contributed by atoms with E-state index >= 15 is 0 Å². The Hall–Kier alpha value is -2.45. The maximum atomic E-state index is 9.14. The van der Waals surface area contributed by atoms with Gasteiger partial charge in [-0.25, -0.2) is 0 Å². The fourth-order valence-corrected chi connectivity index (χ4v) is 0. The molecule has 21 heavy (non-hydrogen) atoms. The average Bonchev–Trinajstić information content (AvgIpc) is 2.40. The number of carbonyl (C=O) groups is 4. The van der Waals surface area contributed by atoms with Crippen LogP contribution in [0.2, 0.25) is 0 Å². The topological polar surface area (TPSA) is 161 Å². The van der Waals surface area contributed by atoms with Crippen molar-refractivity contribution in [3.63, 3.8) is 0 Å². The summed E-state index contributed by atoms with van der Waals surface area (Å²) in [5.74, 6) is -4.93. The summed E-state index contributed by atoms with van der Waals surface area (Å²) in [6.45, 7) is 11.6. The zero-order valence-electron chi connectivity index (χ0n) is 10.9. The molecule has 0 aliphatic carbocycles. The van der Waals surface area contributed by atoms with Gasteiger partial charge in [0, 0.05) is 0 Å². The van der Waals surface area contributed by atoms with Crippen LogP contribution in [-0.2, 0) is 40.9 Å². The van der Waals surface area contributed by atoms with Crippen molar-refractivity contribution in [1.82, 2.24) is 0 Å². The second-order valence-corrected chi connectivity index (χ2v) is 2.09. The molecule has 0 rings (SSSR count). The first-order valence-electron chi connectivity index (χ1n) is 4.42. The molecule has 0 N–H and O–H groups in total. The van der Waals surface area contributed by atoms with Crippen LogP contribution in [0.5, 0.6) is 0 Å². The molecule has 8 nitrogen and oxygen atoms in total. The predicted molar refractivity (Wildman–Crippen MR) is 60.8 cm³/mol. The third-order valence-corrected chi connectivity index (χ3v) is 0.667. The minimum absolute atomic E-state index is 0. The maximum absolute atomic E-state index is 9.14. The number of rotatable bonds is 4. The van der Waals surface area contributed by atoms with Crippen molar-refractivity contribution >= 4 is 23.9 Å². The SMILES string of the molecule is C=CC(=O)[O-].C=CC(=O)[O-].C=CC(=O)[O-].C=CC(=O)[O-].[Ti+4]. The zero-order valence-corrected chi connectivity index (χ0v) is 12.5. The molecular weight excluding hydrogens is 320 g/mol. The molecule has 0 atom stereocenters. The van der Waals surface area contributed by atoms with E-state index in [-0.39, 0.29) is 21.7 Å². The third-order valence-electron chi connectivity index (χ3n) is 0.667. The summed E-state index contributed by atoms with van der Waals surface area (Å²) in [6.07, 6.45) is 2.89. The third kappa shape index (κ3) is 138. The van der Waals surface area contributed by atoms with Crippen LogP contribution in [-0.4, -0.2) is 23.9 Å². The minimum atomic E-state index is -1.23. The molecule has 0 unspecified atom stereocenters. The van der Waals surface area contributed by atoms with Gasteiger partial charge in [0.1, 0.15) is 0 Å². The van der Waals surface area contributed by atoms with Crippen molar-refractivity contribution < 1.29 is 61.3 Å². The van der Waals surface area contributed by atoms with Crippen LogP contribution in [0.25, 0.3) is 0 Å². The second-order valence-electron chi connectivity index (χ2n) is 2.09. The van der Waals surface area contributed by atoms with Crippen molar-refractivity contribution in [1.29, 1.82) is 0 Å². The summed E-state index contributed by atoms with van der Waals surface area (Å²) in [5, 5.41) is 36.6. The molecule has 0 aliphatic rings. The van der Waals surface area contributed by atoms with Gasteiger partial charge in [-0.1, -0.05) is 26.3 Å². The quantitative estimate of drug-likeness (QED) is 0.369. The van der Waals surface area contributed by atoms with E-state index in [4.69, 9.17) is 39.6 Å². The van der Waals surface area contributed by atoms with E-state index in [9.17, 15) is 0 Å². The molecule has 0 saturated heterocycles. The summed E-state index contributed by atoms with van der Waals surface area (Å²) in [4.78, 5) is 36.6. The van der Waals surface area contributed by atoms with Crippen LogP contribution in [0.3, 0.4) is 0 Å². The molecule has 0 saturated carbocycles. The first-order chi connectivity index (χ1) is 9.08. The fourth-order valence-electron chi connectivity index (χ4n) is 0. The Morgan fingerprint density at radius 3 is 0.571 bits per heavy atom. The number of carboxylic acid groups (broad SMARTS) is 4. The van der Waals surface area contributed by atoms with Crippen LogP contribution in [0.1, 0.15) is 0 Å². The van der Waals surface area contributed by atoms with Crippen molar-refractivity contribution in [3.8, 4) is 0 Å². The first kappa shape index (κ1) is 31.1. The molecule has 0 aliphatic heterocycles. The van der Waals surface area contributed by atoms with Gasteiger partial charge in [-0.3, -0.25) is 0 Å². The molecule has 0 bridgehead atoms. The number of carboxylic acids is 4. The largest absolute Gasteiger partial charge is 4.00 e. The molecule has 0 aromatic rings. The van der Waals surface area contributed by atoms with Crippen molar-refractivity contribution in [3.05, 3.63) is 50.6 Å². The molecule has 0 spiro atoms. The van der Waals surface area contributed by atoms with Gasteiger partial charge in [0.05, 0.1) is 23.9 Å². The van der Waals surface area contributed by atoms with E-state index in [0.29, 0.717) is 0 Å². The van der Waals surface area contributed by atoms with Gasteiger partial charge in [0.25, 0.3) is 0 Å². The summed E-state index contributed by atoms with van der Waals surface area (Å²) >= 11 is 0. The van der Waals surface area contributed by atoms with Crippen LogP contribution in [0.15, 0.2) is 50.6 Å². The van der Waals surface area contributed by atoms with E-state index < -0.39 is 23.9 Å². The molecule has 9 heteroatoms. The van der Waals surface area contributed by atoms with Crippen molar-refractivity contribution in [2.75, 3.05) is 0 Å². The monoisotopic (exact) mass is 332 g/mol. The number of carbonyl (C=O) groups excluding carboxylic acids is 4. The van der Waals surface area contributed by atoms with Crippen LogP contribution in [0.4, 0.5) is 0 Å². The van der Waals surface area contributed by atoms with Gasteiger partial charge in [0.2, 0.25) is 0 Å². The Morgan fingerprint density at radius 2 is 0.571 bits per heavy atom. The molecular formula is C12H12O8Ti. The van der Waals surface area contributed by atoms with E-state index in [2.05, 4.69) is 26.3 Å². The van der Waals surface area contributed by atoms with Gasteiger partial charge in [0.15, 0.2) is 0 Å². The number of hydrogen-bond acceptors (Lipinski definition) is 8. The van der Waals surface area contributed by atoms with E-state index in [1.165, 1.54) is 0 Å². The molecule has 112 valence electrons. The molecule has 0 fully saturated rings. The summed E-state index contributed by atoms with van der Waals surface area (Å²) in [6, 6.07) is 0. The van der Waals surface area contributed by atoms with Crippen LogP contribution < -0.4 is 20.4 Å². The summed E-state index contributed by atoms with van der Waals surface area (Å²) < 4.78 is 0. The van der Waals surface area contributed by atoms with Gasteiger partial charge in [-0.2, -0.15) is 0 Å². The van der Waals surface area contributed by atoms with Gasteiger partial charge < -0.3 is 39.6 Å². The fraction of sp³-hybridized carbons (Fsp3) is 0. The first-order valence-corrected chi connectivity index (χ1v) is 4.42. The predicted octanol–water partition coefficient (Wildman–Crippen LogP) is -4.31. The van der Waals surface area contributed by atoms with E-state index in [0.717, 1.165) is 24.3 Å². The minimum Gasteiger partial charge on any atom is -0.545 e. The Balaban J connectivity index is -0.0000000533. The second kappa shape index (κ2) is 26.2. The Kier molecular flexibility index (Phi) is 38.8. The zero-order chi connectivity index (χ0) is 17.1. The van der Waals surface area contributed by atoms with Gasteiger partial charge >= 0.3 is 21.7 Å². The molecule has 0 amide bonds. The van der Waals surface area contributed by atoms with E-state index in [1.54, 1.807) is 0 Å². The van der Waals surface area contributed by atoms with Crippen LogP contribution in [0, 0.1) is 0 Å². The normalized spacial score (nSPS) is 6.10. The molecule has 0 heterocycles. The Labute approximate surface area is 136 Å². The standard InChI is InChI=1S/4C3H4O2.Ti/c4*1-2-3(4)5;/h4*2H,1H2,(H,4,5);/q;;;;+4/p-4. The Bertz CT molecular complexity index is 301. The van der Waals surface area contributed by atoms with Crippen molar-refractivity contribution in [2.45, 2.75) is 0 Å². The summed E-state index contributed by atoms with van der Waals surface area (Å²) in [5.41, 5.74) is 0. The number of aliphatic carboxylic acids is 4. The van der Waals surface area contributed by atoms with Crippen molar-refractivity contribution in [2.24, 2.45) is 0 Å². The van der Waals surface area contributed by atoms with Gasteiger partial charge in [-0.05, 0) is 24.3 Å². The molecule has 0 aromatic heterocycles. The van der Waals surface area contributed by atoms with Gasteiger partial charge in [-0.15, -0.1) is 0 Å². The van der Waals surface area contributed by atoms with E-state index in [1.807, 2.05) is 0 Å². The Morgan fingerprint density at radius 1 is 0.524 bits per heavy atom. The number of hydrogen-bond donors (Lipinski definition) is 0. The average molecular weight is 332 g/mol. The maximum Gasteiger partial charge on any atom is 4.00 e. The molecule has 0 aromatic carbocycles. The smallest absolute Gasteiger partial charge is 0.545 e. The molecule has 0 radical (unpaired) electrons. The van der Waals surface area contributed by atoms with Crippen LogP contribution >= 0.6 is 0 Å². The summed E-state index contributed by atoms with van der Waals surface area (Å²) in [7, 11) is 0.